The molecule has 2 heteroatoms. The number of aliphatic hydroxyl groups excluding tert-OH is 2. The molecule has 0 aromatic heterocycles. The van der Waals surface area contributed by atoms with Crippen LogP contribution in [0.15, 0.2) is 47.6 Å². The maximum Gasteiger partial charge on any atom is 0.0811 e. The van der Waals surface area contributed by atoms with E-state index in [1.807, 2.05) is 19.9 Å². The molecule has 3 saturated carbocycles. The Morgan fingerprint density at radius 2 is 1.93 bits per heavy atom. The SMILES string of the molecule is [2H]C([2H])([2H])C(/C=C/[C@@H](C)[C@H]1CC[C@H]2/C(=C/C=C3\C[C@@H](O)C[C@H](O)C3=C)CCC[C@]12C)C(C)C. The molecule has 0 bridgehead atoms. The Labute approximate surface area is 189 Å². The zero-order chi connectivity index (χ0) is 24.6. The van der Waals surface area contributed by atoms with E-state index in [1.54, 1.807) is 0 Å². The summed E-state index contributed by atoms with van der Waals surface area (Å²) < 4.78 is 23.7. The molecule has 0 radical (unpaired) electrons. The number of rotatable bonds is 5. The molecular formula is C28H44O2. The molecule has 3 fully saturated rings. The van der Waals surface area contributed by atoms with E-state index in [4.69, 9.17) is 4.11 Å². The fourth-order valence-electron chi connectivity index (χ4n) is 6.26. The third-order valence-electron chi connectivity index (χ3n) is 8.28. The summed E-state index contributed by atoms with van der Waals surface area (Å²) in [5.74, 6) is 1.14. The second-order valence-electron chi connectivity index (χ2n) is 10.7. The molecule has 0 amide bonds. The first-order valence-electron chi connectivity index (χ1n) is 13.5. The van der Waals surface area contributed by atoms with Gasteiger partial charge in [-0.15, -0.1) is 0 Å². The molecule has 30 heavy (non-hydrogen) atoms. The highest BCUT2D eigenvalue weighted by Gasteiger charge is 2.50. The summed E-state index contributed by atoms with van der Waals surface area (Å²) in [4.78, 5) is 0. The van der Waals surface area contributed by atoms with Gasteiger partial charge in [0.2, 0.25) is 0 Å². The lowest BCUT2D eigenvalue weighted by atomic mass is 9.61. The lowest BCUT2D eigenvalue weighted by Crippen LogP contribution is -2.35. The highest BCUT2D eigenvalue weighted by Crippen LogP contribution is 2.59. The lowest BCUT2D eigenvalue weighted by Gasteiger charge is -2.44. The van der Waals surface area contributed by atoms with Crippen LogP contribution in [-0.2, 0) is 0 Å². The standard InChI is InChI=1S/C28H44O2/c1-18(2)19(3)9-10-20(4)25-13-14-26-22(8-7-15-28(25,26)6)11-12-23-16-24(29)17-27(30)21(23)5/h9-12,18-20,24-27,29-30H,5,7-8,13-17H2,1-4,6H3/b10-9+,22-11+,23-12+/t19?,20-,24-,25-,26+,27+,28-/m1/s1/i3D3. The van der Waals surface area contributed by atoms with Crippen molar-refractivity contribution in [2.45, 2.75) is 91.7 Å². The quantitative estimate of drug-likeness (QED) is 0.496. The van der Waals surface area contributed by atoms with Crippen LogP contribution in [0.4, 0.5) is 0 Å². The van der Waals surface area contributed by atoms with Gasteiger partial charge in [0.15, 0.2) is 0 Å². The van der Waals surface area contributed by atoms with Crippen LogP contribution in [0.2, 0.25) is 0 Å². The van der Waals surface area contributed by atoms with E-state index >= 15 is 0 Å². The van der Waals surface area contributed by atoms with Crippen molar-refractivity contribution < 1.29 is 14.3 Å². The van der Waals surface area contributed by atoms with Crippen molar-refractivity contribution >= 4 is 0 Å². The molecule has 3 aliphatic rings. The zero-order valence-electron chi connectivity index (χ0n) is 22.4. The molecule has 168 valence electrons. The Balaban J connectivity index is 1.78. The van der Waals surface area contributed by atoms with Gasteiger partial charge in [0.1, 0.15) is 0 Å². The minimum atomic E-state index is -1.95. The summed E-state index contributed by atoms with van der Waals surface area (Å²) in [6.07, 6.45) is 14.1. The van der Waals surface area contributed by atoms with Crippen LogP contribution in [0.1, 0.15) is 83.6 Å². The average Bonchev–Trinajstić information content (AvgIpc) is 3.05. The van der Waals surface area contributed by atoms with Crippen LogP contribution in [0.3, 0.4) is 0 Å². The smallest absolute Gasteiger partial charge is 0.0811 e. The lowest BCUT2D eigenvalue weighted by molar-refractivity contribution is 0.0862. The molecule has 0 saturated heterocycles. The molecule has 3 rings (SSSR count). The van der Waals surface area contributed by atoms with Crippen molar-refractivity contribution in [3.05, 3.63) is 47.6 Å². The van der Waals surface area contributed by atoms with E-state index < -0.39 is 25.0 Å². The maximum absolute atomic E-state index is 10.2. The molecule has 0 aromatic carbocycles. The molecule has 1 unspecified atom stereocenters. The predicted octanol–water partition coefficient (Wildman–Crippen LogP) is 6.61. The van der Waals surface area contributed by atoms with E-state index in [-0.39, 0.29) is 11.3 Å². The first kappa shape index (κ1) is 19.6. The minimum Gasteiger partial charge on any atom is -0.393 e. The van der Waals surface area contributed by atoms with E-state index in [1.165, 1.54) is 31.3 Å². The van der Waals surface area contributed by atoms with Crippen molar-refractivity contribution in [2.24, 2.45) is 35.0 Å². The van der Waals surface area contributed by atoms with E-state index in [2.05, 4.69) is 38.7 Å². The molecule has 0 heterocycles. The molecule has 0 aliphatic heterocycles. The van der Waals surface area contributed by atoms with Gasteiger partial charge < -0.3 is 10.2 Å². The fourth-order valence-corrected chi connectivity index (χ4v) is 6.26. The largest absolute Gasteiger partial charge is 0.393 e. The van der Waals surface area contributed by atoms with Crippen LogP contribution in [0.25, 0.3) is 0 Å². The molecular weight excluding hydrogens is 368 g/mol. The number of aliphatic hydroxyl groups is 2. The van der Waals surface area contributed by atoms with Crippen LogP contribution in [0.5, 0.6) is 0 Å². The number of hydrogen-bond donors (Lipinski definition) is 2. The van der Waals surface area contributed by atoms with Crippen LogP contribution >= 0.6 is 0 Å². The predicted molar refractivity (Wildman–Crippen MR) is 127 cm³/mol. The third-order valence-corrected chi connectivity index (χ3v) is 8.28. The first-order valence-corrected chi connectivity index (χ1v) is 12.0. The maximum atomic E-state index is 10.2. The topological polar surface area (TPSA) is 40.5 Å². The van der Waals surface area contributed by atoms with Gasteiger partial charge >= 0.3 is 0 Å². The van der Waals surface area contributed by atoms with Crippen molar-refractivity contribution in [1.29, 1.82) is 0 Å². The van der Waals surface area contributed by atoms with Gasteiger partial charge in [-0.1, -0.05) is 71.0 Å². The highest BCUT2D eigenvalue weighted by molar-refractivity contribution is 5.38. The van der Waals surface area contributed by atoms with Crippen molar-refractivity contribution in [3.8, 4) is 0 Å². The van der Waals surface area contributed by atoms with Gasteiger partial charge in [-0.25, -0.2) is 0 Å². The highest BCUT2D eigenvalue weighted by atomic mass is 16.3. The molecule has 0 spiro atoms. The Hall–Kier alpha value is -1.12. The van der Waals surface area contributed by atoms with Crippen LogP contribution in [-0.4, -0.2) is 22.4 Å². The van der Waals surface area contributed by atoms with Gasteiger partial charge in [-0.3, -0.25) is 0 Å². The van der Waals surface area contributed by atoms with Gasteiger partial charge in [0.25, 0.3) is 0 Å². The number of allylic oxidation sites excluding steroid dienone is 5. The molecule has 0 aromatic rings. The number of fused-ring (bicyclic) bond motifs is 1. The Kier molecular flexibility index (Phi) is 6.24. The normalized spacial score (nSPS) is 41.7. The average molecular weight is 416 g/mol. The van der Waals surface area contributed by atoms with Gasteiger partial charge in [-0.2, -0.15) is 0 Å². The summed E-state index contributed by atoms with van der Waals surface area (Å²) >= 11 is 0. The third kappa shape index (κ3) is 4.86. The van der Waals surface area contributed by atoms with Gasteiger partial charge in [0, 0.05) is 10.5 Å². The Morgan fingerprint density at radius 1 is 1.17 bits per heavy atom. The van der Waals surface area contributed by atoms with E-state index in [0.29, 0.717) is 30.6 Å². The Morgan fingerprint density at radius 3 is 2.63 bits per heavy atom. The Bertz CT molecular complexity index is 806. The molecule has 2 nitrogen and oxygen atoms in total. The summed E-state index contributed by atoms with van der Waals surface area (Å²) in [5, 5.41) is 20.2. The molecule has 3 aliphatic carbocycles. The summed E-state index contributed by atoms with van der Waals surface area (Å²) in [6.45, 7) is 10.8. The minimum absolute atomic E-state index is 0.0942. The van der Waals surface area contributed by atoms with Gasteiger partial charge in [0.05, 0.1) is 12.2 Å². The summed E-state index contributed by atoms with van der Waals surface area (Å²) in [6, 6.07) is 0. The van der Waals surface area contributed by atoms with Crippen LogP contribution < -0.4 is 0 Å². The van der Waals surface area contributed by atoms with Crippen molar-refractivity contribution in [1.82, 2.24) is 0 Å². The monoisotopic (exact) mass is 415 g/mol. The second kappa shape index (κ2) is 9.57. The van der Waals surface area contributed by atoms with Gasteiger partial charge in [-0.05, 0) is 84.7 Å². The second-order valence-corrected chi connectivity index (χ2v) is 10.7. The van der Waals surface area contributed by atoms with Crippen LogP contribution in [0, 0.1) is 35.0 Å². The summed E-state index contributed by atoms with van der Waals surface area (Å²) in [5.41, 5.74) is 3.42. The van der Waals surface area contributed by atoms with Crippen molar-refractivity contribution in [3.63, 3.8) is 0 Å². The number of hydrogen-bond acceptors (Lipinski definition) is 2. The van der Waals surface area contributed by atoms with Crippen molar-refractivity contribution in [2.75, 3.05) is 0 Å². The van der Waals surface area contributed by atoms with E-state index in [0.717, 1.165) is 17.6 Å². The zero-order valence-corrected chi connectivity index (χ0v) is 19.4. The molecule has 7 atom stereocenters. The first-order chi connectivity index (χ1) is 15.3. The van der Waals surface area contributed by atoms with E-state index in [9.17, 15) is 10.2 Å². The molecule has 2 N–H and O–H groups in total. The fraction of sp³-hybridized carbons (Fsp3) is 0.714. The summed E-state index contributed by atoms with van der Waals surface area (Å²) in [7, 11) is 0.